The minimum atomic E-state index is -0.459. The Labute approximate surface area is 204 Å². The minimum absolute atomic E-state index is 0.139. The van der Waals surface area contributed by atoms with Gasteiger partial charge in [0.2, 0.25) is 0 Å². The summed E-state index contributed by atoms with van der Waals surface area (Å²) in [7, 11) is 5.79. The molecule has 8 heteroatoms. The largest absolute Gasteiger partial charge is 0.497 e. The summed E-state index contributed by atoms with van der Waals surface area (Å²) in [5.41, 5.74) is 2.00. The summed E-state index contributed by atoms with van der Waals surface area (Å²) in [4.78, 5) is 19.6. The Morgan fingerprint density at radius 3 is 2.48 bits per heavy atom. The highest BCUT2D eigenvalue weighted by atomic mass is 79.9. The number of methoxy groups -OCH3 is 1. The van der Waals surface area contributed by atoms with Gasteiger partial charge in [-0.3, -0.25) is 4.90 Å². The van der Waals surface area contributed by atoms with E-state index in [1.165, 1.54) is 5.56 Å². The van der Waals surface area contributed by atoms with Crippen LogP contribution in [-0.2, 0) is 0 Å². The van der Waals surface area contributed by atoms with Crippen LogP contribution in [0.5, 0.6) is 5.75 Å². The number of halogens is 1. The standard InChI is InChI=1S/C25H33BrN4O3/c1-28(2)15-22-24(17-4-6-18(26)7-5-17)23-16-29(13-12-20(31)14-30(22)23)25(32)27-19-8-10-21(33-3)11-9-19/h4-11,20,22-24,31H,12-16H2,1-3H3,(H,27,32)/t20-,22+,23-,24-/m0/s1. The molecule has 2 aliphatic heterocycles. The normalized spacial score (nSPS) is 25.6. The van der Waals surface area contributed by atoms with Crippen LogP contribution in [0, 0.1) is 0 Å². The number of carbonyl (C=O) groups excluding carboxylic acids is 1. The van der Waals surface area contributed by atoms with Crippen LogP contribution in [0.4, 0.5) is 10.5 Å². The number of benzene rings is 2. The summed E-state index contributed by atoms with van der Waals surface area (Å²) < 4.78 is 6.26. The monoisotopic (exact) mass is 516 g/mol. The number of urea groups is 1. The van der Waals surface area contributed by atoms with Gasteiger partial charge in [0.25, 0.3) is 0 Å². The molecule has 4 atom stereocenters. The third-order valence-corrected chi connectivity index (χ3v) is 7.21. The Morgan fingerprint density at radius 1 is 1.15 bits per heavy atom. The number of nitrogens with zero attached hydrogens (tertiary/aromatic N) is 3. The molecule has 2 aliphatic rings. The van der Waals surface area contributed by atoms with Crippen molar-refractivity contribution in [3.05, 3.63) is 58.6 Å². The van der Waals surface area contributed by atoms with Crippen LogP contribution in [0.2, 0.25) is 0 Å². The Bertz CT molecular complexity index is 938. The number of aliphatic hydroxyl groups excluding tert-OH is 1. The molecule has 0 aromatic heterocycles. The molecule has 0 spiro atoms. The van der Waals surface area contributed by atoms with Crippen molar-refractivity contribution in [1.82, 2.24) is 14.7 Å². The number of hydrogen-bond acceptors (Lipinski definition) is 5. The maximum Gasteiger partial charge on any atom is 0.321 e. The maximum atomic E-state index is 13.2. The van der Waals surface area contributed by atoms with E-state index in [2.05, 4.69) is 69.4 Å². The molecule has 0 bridgehead atoms. The van der Waals surface area contributed by atoms with E-state index in [0.29, 0.717) is 38.0 Å². The molecule has 178 valence electrons. The van der Waals surface area contributed by atoms with Crippen molar-refractivity contribution in [3.63, 3.8) is 0 Å². The van der Waals surface area contributed by atoms with Crippen molar-refractivity contribution in [2.75, 3.05) is 52.7 Å². The lowest BCUT2D eigenvalue weighted by molar-refractivity contribution is -0.0735. The number of anilines is 1. The maximum absolute atomic E-state index is 13.2. The molecule has 0 aliphatic carbocycles. The molecule has 0 unspecified atom stereocenters. The number of amides is 2. The first-order chi connectivity index (χ1) is 15.9. The van der Waals surface area contributed by atoms with Crippen molar-refractivity contribution < 1.29 is 14.6 Å². The summed E-state index contributed by atoms with van der Waals surface area (Å²) in [5.74, 6) is 1.04. The molecule has 33 heavy (non-hydrogen) atoms. The van der Waals surface area contributed by atoms with Gasteiger partial charge in [0.05, 0.1) is 13.2 Å². The molecule has 4 rings (SSSR count). The second-order valence-corrected chi connectivity index (χ2v) is 10.1. The van der Waals surface area contributed by atoms with E-state index in [1.807, 2.05) is 29.2 Å². The van der Waals surface area contributed by atoms with Gasteiger partial charge in [0.15, 0.2) is 0 Å². The predicted octanol–water partition coefficient (Wildman–Crippen LogP) is 3.45. The van der Waals surface area contributed by atoms with E-state index in [1.54, 1.807) is 7.11 Å². The fourth-order valence-electron chi connectivity index (χ4n) is 5.04. The number of likely N-dealkylation sites (N-methyl/N-ethyl adjacent to an activating group) is 1. The Kier molecular flexibility index (Phi) is 7.58. The van der Waals surface area contributed by atoms with Crippen LogP contribution >= 0.6 is 15.9 Å². The number of rotatable bonds is 5. The predicted molar refractivity (Wildman–Crippen MR) is 134 cm³/mol. The minimum Gasteiger partial charge on any atom is -0.497 e. The fourth-order valence-corrected chi connectivity index (χ4v) is 5.31. The van der Waals surface area contributed by atoms with Gasteiger partial charge in [-0.05, 0) is 62.5 Å². The summed E-state index contributed by atoms with van der Waals surface area (Å²) in [6.45, 7) is 2.70. The summed E-state index contributed by atoms with van der Waals surface area (Å²) in [5, 5.41) is 13.7. The highest BCUT2D eigenvalue weighted by Crippen LogP contribution is 2.42. The van der Waals surface area contributed by atoms with Gasteiger partial charge in [0, 0.05) is 54.3 Å². The molecule has 2 aromatic rings. The van der Waals surface area contributed by atoms with E-state index in [0.717, 1.165) is 22.5 Å². The molecular weight excluding hydrogens is 484 g/mol. The highest BCUT2D eigenvalue weighted by molar-refractivity contribution is 9.10. The Balaban J connectivity index is 1.55. The summed E-state index contributed by atoms with van der Waals surface area (Å²) in [6, 6.07) is 16.2. The van der Waals surface area contributed by atoms with Gasteiger partial charge < -0.3 is 25.0 Å². The molecule has 2 N–H and O–H groups in total. The Morgan fingerprint density at radius 2 is 1.85 bits per heavy atom. The number of carbonyl (C=O) groups is 1. The van der Waals surface area contributed by atoms with Gasteiger partial charge in [-0.1, -0.05) is 28.1 Å². The van der Waals surface area contributed by atoms with Crippen molar-refractivity contribution >= 4 is 27.6 Å². The average molecular weight is 517 g/mol. The molecule has 0 radical (unpaired) electrons. The molecule has 2 fully saturated rings. The topological polar surface area (TPSA) is 68.3 Å². The van der Waals surface area contributed by atoms with Crippen LogP contribution in [0.15, 0.2) is 53.0 Å². The molecular formula is C25H33BrN4O3. The summed E-state index contributed by atoms with van der Waals surface area (Å²) >= 11 is 3.54. The van der Waals surface area contributed by atoms with Crippen molar-refractivity contribution in [3.8, 4) is 5.75 Å². The van der Waals surface area contributed by atoms with Crippen LogP contribution < -0.4 is 10.1 Å². The van der Waals surface area contributed by atoms with Gasteiger partial charge in [-0.2, -0.15) is 0 Å². The SMILES string of the molecule is COc1ccc(NC(=O)N2CC[C@H](O)CN3[C@H](CN(C)C)[C@H](c4ccc(Br)cc4)[C@@H]3C2)cc1. The van der Waals surface area contributed by atoms with Crippen molar-refractivity contribution in [1.29, 1.82) is 0 Å². The first-order valence-corrected chi connectivity index (χ1v) is 12.2. The van der Waals surface area contributed by atoms with Crippen molar-refractivity contribution in [2.45, 2.75) is 30.5 Å². The molecule has 2 heterocycles. The van der Waals surface area contributed by atoms with Gasteiger partial charge in [-0.15, -0.1) is 0 Å². The Hall–Kier alpha value is -2.13. The highest BCUT2D eigenvalue weighted by Gasteiger charge is 2.50. The zero-order chi connectivity index (χ0) is 23.5. The number of fused-ring (bicyclic) bond motifs is 1. The molecule has 7 nitrogen and oxygen atoms in total. The zero-order valence-corrected chi connectivity index (χ0v) is 21.0. The molecule has 0 saturated carbocycles. The van der Waals surface area contributed by atoms with E-state index in [9.17, 15) is 9.90 Å². The molecule has 2 amide bonds. The van der Waals surface area contributed by atoms with Crippen LogP contribution in [0.3, 0.4) is 0 Å². The van der Waals surface area contributed by atoms with Gasteiger partial charge in [0.1, 0.15) is 5.75 Å². The number of nitrogens with one attached hydrogen (secondary N) is 1. The van der Waals surface area contributed by atoms with Gasteiger partial charge in [-0.25, -0.2) is 4.79 Å². The second kappa shape index (κ2) is 10.4. The quantitative estimate of drug-likeness (QED) is 0.636. The average Bonchev–Trinajstić information content (AvgIpc) is 2.79. The lowest BCUT2D eigenvalue weighted by Crippen LogP contribution is -2.70. The van der Waals surface area contributed by atoms with Crippen molar-refractivity contribution in [2.24, 2.45) is 0 Å². The number of ether oxygens (including phenoxy) is 1. The van der Waals surface area contributed by atoms with Crippen LogP contribution in [0.1, 0.15) is 17.9 Å². The van der Waals surface area contributed by atoms with Crippen LogP contribution in [0.25, 0.3) is 0 Å². The first kappa shape index (κ1) is 24.0. The number of hydrogen-bond donors (Lipinski definition) is 2. The lowest BCUT2D eigenvalue weighted by atomic mass is 9.73. The van der Waals surface area contributed by atoms with Crippen LogP contribution in [-0.4, -0.2) is 91.4 Å². The second-order valence-electron chi connectivity index (χ2n) is 9.22. The summed E-state index contributed by atoms with van der Waals surface area (Å²) in [6.07, 6.45) is 0.108. The molecule has 2 saturated heterocycles. The first-order valence-electron chi connectivity index (χ1n) is 11.4. The van der Waals surface area contributed by atoms with E-state index < -0.39 is 6.10 Å². The van der Waals surface area contributed by atoms with E-state index in [4.69, 9.17) is 4.74 Å². The third-order valence-electron chi connectivity index (χ3n) is 6.68. The smallest absolute Gasteiger partial charge is 0.321 e. The van der Waals surface area contributed by atoms with Gasteiger partial charge >= 0.3 is 6.03 Å². The fraction of sp³-hybridized carbons (Fsp3) is 0.480. The van der Waals surface area contributed by atoms with E-state index in [-0.39, 0.29) is 12.1 Å². The zero-order valence-electron chi connectivity index (χ0n) is 19.4. The molecule has 2 aromatic carbocycles. The number of aliphatic hydroxyl groups is 1. The van der Waals surface area contributed by atoms with E-state index >= 15 is 0 Å². The lowest BCUT2D eigenvalue weighted by Gasteiger charge is -2.58. The third kappa shape index (κ3) is 5.51.